The Morgan fingerprint density at radius 3 is 2.67 bits per heavy atom. The Kier molecular flexibility index (Phi) is 7.15. The van der Waals surface area contributed by atoms with Crippen LogP contribution in [0.25, 0.3) is 0 Å². The molecular weight excluding hydrogens is 266 g/mol. The zero-order chi connectivity index (χ0) is 15.8. The van der Waals surface area contributed by atoms with E-state index in [4.69, 9.17) is 5.73 Å². The van der Waals surface area contributed by atoms with Crippen molar-refractivity contribution in [3.05, 3.63) is 28.7 Å². The molecular formula is C16H27N3O2. The van der Waals surface area contributed by atoms with E-state index in [9.17, 15) is 9.59 Å². The van der Waals surface area contributed by atoms with Gasteiger partial charge in [0.25, 0.3) is 5.56 Å². The zero-order valence-corrected chi connectivity index (χ0v) is 13.3. The monoisotopic (exact) mass is 293 g/mol. The summed E-state index contributed by atoms with van der Waals surface area (Å²) < 4.78 is 1.62. The first-order chi connectivity index (χ1) is 9.96. The number of aromatic nitrogens is 1. The number of rotatable bonds is 8. The number of amides is 1. The van der Waals surface area contributed by atoms with E-state index in [1.54, 1.807) is 16.8 Å². The minimum absolute atomic E-state index is 0.0468. The second kappa shape index (κ2) is 8.62. The second-order valence-electron chi connectivity index (χ2n) is 5.93. The molecule has 0 saturated carbocycles. The summed E-state index contributed by atoms with van der Waals surface area (Å²) in [6, 6.07) is 3.13. The fraction of sp³-hybridized carbons (Fsp3) is 0.625. The number of nitrogens with zero attached hydrogens (tertiary/aromatic N) is 1. The van der Waals surface area contributed by atoms with Crippen molar-refractivity contribution < 1.29 is 4.79 Å². The maximum Gasteiger partial charge on any atom is 0.250 e. The maximum atomic E-state index is 12.1. The number of hydrogen-bond donors (Lipinski definition) is 2. The molecule has 0 aliphatic carbocycles. The summed E-state index contributed by atoms with van der Waals surface area (Å²) in [6.07, 6.45) is 3.94. The third-order valence-corrected chi connectivity index (χ3v) is 3.34. The molecule has 5 heteroatoms. The van der Waals surface area contributed by atoms with E-state index in [0.29, 0.717) is 31.1 Å². The second-order valence-corrected chi connectivity index (χ2v) is 5.93. The lowest BCUT2D eigenvalue weighted by atomic mass is 9.94. The average molecular weight is 293 g/mol. The van der Waals surface area contributed by atoms with Gasteiger partial charge in [-0.1, -0.05) is 20.8 Å². The predicted molar refractivity (Wildman–Crippen MR) is 86.2 cm³/mol. The molecule has 0 radical (unpaired) electrons. The molecule has 0 aliphatic rings. The Morgan fingerprint density at radius 1 is 1.38 bits per heavy atom. The van der Waals surface area contributed by atoms with Crippen LogP contribution in [0, 0.1) is 11.8 Å². The molecule has 1 unspecified atom stereocenters. The van der Waals surface area contributed by atoms with Crippen LogP contribution in [-0.2, 0) is 11.3 Å². The molecule has 1 atom stereocenters. The normalized spacial score (nSPS) is 12.4. The number of nitrogens with two attached hydrogens (primary N) is 1. The predicted octanol–water partition coefficient (Wildman–Crippen LogP) is 2.21. The van der Waals surface area contributed by atoms with Gasteiger partial charge in [0.15, 0.2) is 0 Å². The summed E-state index contributed by atoms with van der Waals surface area (Å²) in [7, 11) is 0. The molecule has 118 valence electrons. The van der Waals surface area contributed by atoms with E-state index >= 15 is 0 Å². The van der Waals surface area contributed by atoms with Crippen LogP contribution >= 0.6 is 0 Å². The molecule has 0 fully saturated rings. The van der Waals surface area contributed by atoms with Crippen LogP contribution in [0.4, 0.5) is 5.69 Å². The Hall–Kier alpha value is -1.62. The summed E-state index contributed by atoms with van der Waals surface area (Å²) in [5, 5.41) is 2.85. The Bertz CT molecular complexity index is 508. The minimum atomic E-state index is -0.0483. The summed E-state index contributed by atoms with van der Waals surface area (Å²) in [4.78, 5) is 23.7. The van der Waals surface area contributed by atoms with E-state index in [2.05, 4.69) is 19.2 Å². The summed E-state index contributed by atoms with van der Waals surface area (Å²) >= 11 is 0. The highest BCUT2D eigenvalue weighted by molar-refractivity contribution is 5.90. The van der Waals surface area contributed by atoms with Crippen molar-refractivity contribution in [1.82, 2.24) is 4.57 Å². The van der Waals surface area contributed by atoms with E-state index in [0.717, 1.165) is 12.8 Å². The van der Waals surface area contributed by atoms with Crippen molar-refractivity contribution in [2.24, 2.45) is 17.6 Å². The quantitative estimate of drug-likeness (QED) is 0.771. The average Bonchev–Trinajstić information content (AvgIpc) is 2.41. The molecule has 21 heavy (non-hydrogen) atoms. The molecule has 5 nitrogen and oxygen atoms in total. The lowest BCUT2D eigenvalue weighted by Crippen LogP contribution is -2.24. The number of anilines is 1. The summed E-state index contributed by atoms with van der Waals surface area (Å²) in [6.45, 7) is 7.43. The minimum Gasteiger partial charge on any atom is -0.330 e. The van der Waals surface area contributed by atoms with Gasteiger partial charge >= 0.3 is 0 Å². The lowest BCUT2D eigenvalue weighted by Gasteiger charge is -2.16. The van der Waals surface area contributed by atoms with E-state index in [-0.39, 0.29) is 17.4 Å². The van der Waals surface area contributed by atoms with Gasteiger partial charge in [0.05, 0.1) is 5.69 Å². The standard InChI is InChI=1S/C16H27N3O2/c1-4-7-19-11-14(5-6-16(19)21)18-15(20)9-13(10-17)8-12(2)3/h5-6,11-13H,4,7-10,17H2,1-3H3,(H,18,20). The van der Waals surface area contributed by atoms with E-state index in [1.165, 1.54) is 6.07 Å². The number of carbonyl (C=O) groups is 1. The molecule has 1 aromatic heterocycles. The number of nitrogens with one attached hydrogen (secondary N) is 1. The van der Waals surface area contributed by atoms with Gasteiger partial charge < -0.3 is 15.6 Å². The third-order valence-electron chi connectivity index (χ3n) is 3.34. The first-order valence-corrected chi connectivity index (χ1v) is 7.66. The number of hydrogen-bond acceptors (Lipinski definition) is 3. The Balaban J connectivity index is 2.65. The summed E-state index contributed by atoms with van der Waals surface area (Å²) in [5.74, 6) is 0.678. The molecule has 1 amide bonds. The molecule has 0 saturated heterocycles. The smallest absolute Gasteiger partial charge is 0.250 e. The molecule has 3 N–H and O–H groups in total. The van der Waals surface area contributed by atoms with Crippen LogP contribution in [0.15, 0.2) is 23.1 Å². The molecule has 0 aliphatic heterocycles. The van der Waals surface area contributed by atoms with Crippen LogP contribution < -0.4 is 16.6 Å². The third kappa shape index (κ3) is 6.12. The number of aryl methyl sites for hydroxylation is 1. The van der Waals surface area contributed by atoms with E-state index < -0.39 is 0 Å². The molecule has 1 heterocycles. The lowest BCUT2D eigenvalue weighted by molar-refractivity contribution is -0.117. The highest BCUT2D eigenvalue weighted by Crippen LogP contribution is 2.15. The topological polar surface area (TPSA) is 77.1 Å². The molecule has 0 spiro atoms. The SMILES string of the molecule is CCCn1cc(NC(=O)CC(CN)CC(C)C)ccc1=O. The van der Waals surface area contributed by atoms with Crippen molar-refractivity contribution in [3.8, 4) is 0 Å². The number of carbonyl (C=O) groups excluding carboxylic acids is 1. The van der Waals surface area contributed by atoms with Gasteiger partial charge in [-0.25, -0.2) is 0 Å². The molecule has 1 aromatic rings. The van der Waals surface area contributed by atoms with Crippen LogP contribution in [0.2, 0.25) is 0 Å². The first-order valence-electron chi connectivity index (χ1n) is 7.66. The van der Waals surface area contributed by atoms with Crippen molar-refractivity contribution in [3.63, 3.8) is 0 Å². The van der Waals surface area contributed by atoms with Crippen LogP contribution in [0.1, 0.15) is 40.0 Å². The van der Waals surface area contributed by atoms with Crippen LogP contribution in [0.3, 0.4) is 0 Å². The highest BCUT2D eigenvalue weighted by atomic mass is 16.1. The Labute approximate surface area is 126 Å². The van der Waals surface area contributed by atoms with Gasteiger partial charge in [0.2, 0.25) is 5.91 Å². The molecule has 1 rings (SSSR count). The van der Waals surface area contributed by atoms with Crippen molar-refractivity contribution in [1.29, 1.82) is 0 Å². The van der Waals surface area contributed by atoms with Gasteiger partial charge in [0.1, 0.15) is 0 Å². The first kappa shape index (κ1) is 17.4. The highest BCUT2D eigenvalue weighted by Gasteiger charge is 2.14. The maximum absolute atomic E-state index is 12.1. The molecule has 0 bridgehead atoms. The largest absolute Gasteiger partial charge is 0.330 e. The van der Waals surface area contributed by atoms with Crippen molar-refractivity contribution in [2.75, 3.05) is 11.9 Å². The fourth-order valence-corrected chi connectivity index (χ4v) is 2.42. The van der Waals surface area contributed by atoms with Crippen LogP contribution in [-0.4, -0.2) is 17.0 Å². The van der Waals surface area contributed by atoms with Crippen molar-refractivity contribution >= 4 is 11.6 Å². The fourth-order valence-electron chi connectivity index (χ4n) is 2.42. The van der Waals surface area contributed by atoms with Crippen LogP contribution in [0.5, 0.6) is 0 Å². The van der Waals surface area contributed by atoms with Gasteiger partial charge in [-0.2, -0.15) is 0 Å². The number of pyridine rings is 1. The van der Waals surface area contributed by atoms with Gasteiger partial charge in [0, 0.05) is 25.2 Å². The molecule has 0 aromatic carbocycles. The zero-order valence-electron chi connectivity index (χ0n) is 13.3. The van der Waals surface area contributed by atoms with E-state index in [1.807, 2.05) is 6.92 Å². The summed E-state index contributed by atoms with van der Waals surface area (Å²) in [5.41, 5.74) is 6.33. The van der Waals surface area contributed by atoms with Crippen molar-refractivity contribution in [2.45, 2.75) is 46.6 Å². The van der Waals surface area contributed by atoms with Gasteiger partial charge in [-0.05, 0) is 37.3 Å². The van der Waals surface area contributed by atoms with Gasteiger partial charge in [-0.15, -0.1) is 0 Å². The Morgan fingerprint density at radius 2 is 2.10 bits per heavy atom. The van der Waals surface area contributed by atoms with Gasteiger partial charge in [-0.3, -0.25) is 9.59 Å².